The Bertz CT molecular complexity index is 829. The van der Waals surface area contributed by atoms with Crippen LogP contribution in [0.1, 0.15) is 32.0 Å². The molecular formula is C17H19BrN4O3. The Balaban J connectivity index is 1.82. The van der Waals surface area contributed by atoms with Crippen LogP contribution >= 0.6 is 15.9 Å². The van der Waals surface area contributed by atoms with Crippen molar-refractivity contribution in [1.82, 2.24) is 20.7 Å². The Hall–Kier alpha value is -2.61. The monoisotopic (exact) mass is 406 g/mol. The summed E-state index contributed by atoms with van der Waals surface area (Å²) in [6.07, 6.45) is 1.72. The van der Waals surface area contributed by atoms with E-state index in [2.05, 4.69) is 32.1 Å². The molecule has 2 rings (SSSR count). The topological polar surface area (TPSA) is 92.2 Å². The SMILES string of the molecule is Cc1ccc(C(=O)NCC(=O)NNC(=O)c2cc(Br)cn2C)cc1C. The second-order valence-electron chi connectivity index (χ2n) is 5.64. The summed E-state index contributed by atoms with van der Waals surface area (Å²) in [6, 6.07) is 6.94. The molecule has 2 aromatic rings. The second kappa shape index (κ2) is 7.98. The van der Waals surface area contributed by atoms with Crippen LogP contribution in [0, 0.1) is 13.8 Å². The predicted molar refractivity (Wildman–Crippen MR) is 97.0 cm³/mol. The molecule has 0 fully saturated rings. The maximum Gasteiger partial charge on any atom is 0.286 e. The molecule has 7 nitrogen and oxygen atoms in total. The molecule has 25 heavy (non-hydrogen) atoms. The summed E-state index contributed by atoms with van der Waals surface area (Å²) >= 11 is 3.27. The number of halogens is 1. The van der Waals surface area contributed by atoms with E-state index < -0.39 is 11.8 Å². The number of aromatic nitrogens is 1. The normalized spacial score (nSPS) is 10.2. The first kappa shape index (κ1) is 18.7. The fourth-order valence-electron chi connectivity index (χ4n) is 2.13. The van der Waals surface area contributed by atoms with Crippen molar-refractivity contribution in [2.75, 3.05) is 6.54 Å². The highest BCUT2D eigenvalue weighted by Crippen LogP contribution is 2.13. The summed E-state index contributed by atoms with van der Waals surface area (Å²) in [7, 11) is 1.71. The Labute approximate surface area is 153 Å². The molecule has 0 aliphatic rings. The number of rotatable bonds is 4. The lowest BCUT2D eigenvalue weighted by Gasteiger charge is -2.09. The summed E-state index contributed by atoms with van der Waals surface area (Å²) in [4.78, 5) is 35.8. The number of carbonyl (C=O) groups is 3. The standard InChI is InChI=1S/C17H19BrN4O3/c1-10-4-5-12(6-11(10)2)16(24)19-8-15(23)20-21-17(25)14-7-13(18)9-22(14)3/h4-7,9H,8H2,1-3H3,(H,19,24)(H,20,23)(H,21,25). The molecule has 0 aliphatic carbocycles. The average molecular weight is 407 g/mol. The van der Waals surface area contributed by atoms with Gasteiger partial charge in [0.15, 0.2) is 0 Å². The van der Waals surface area contributed by atoms with Crippen LogP contribution in [0.4, 0.5) is 0 Å². The zero-order valence-corrected chi connectivity index (χ0v) is 15.7. The van der Waals surface area contributed by atoms with Crippen molar-refractivity contribution in [2.45, 2.75) is 13.8 Å². The molecule has 1 heterocycles. The van der Waals surface area contributed by atoms with Crippen LogP contribution in [0.3, 0.4) is 0 Å². The van der Waals surface area contributed by atoms with E-state index in [0.29, 0.717) is 11.3 Å². The van der Waals surface area contributed by atoms with Gasteiger partial charge in [0, 0.05) is 23.3 Å². The fraction of sp³-hybridized carbons (Fsp3) is 0.235. The van der Waals surface area contributed by atoms with Crippen LogP contribution < -0.4 is 16.2 Å². The Morgan fingerprint density at radius 3 is 2.36 bits per heavy atom. The number of carbonyl (C=O) groups excluding carboxylic acids is 3. The molecule has 3 N–H and O–H groups in total. The van der Waals surface area contributed by atoms with Gasteiger partial charge in [0.2, 0.25) is 0 Å². The van der Waals surface area contributed by atoms with Crippen molar-refractivity contribution in [2.24, 2.45) is 7.05 Å². The van der Waals surface area contributed by atoms with Gasteiger partial charge in [-0.15, -0.1) is 0 Å². The van der Waals surface area contributed by atoms with Crippen molar-refractivity contribution in [3.05, 3.63) is 57.3 Å². The summed E-state index contributed by atoms with van der Waals surface area (Å²) < 4.78 is 2.37. The van der Waals surface area contributed by atoms with E-state index in [-0.39, 0.29) is 12.5 Å². The summed E-state index contributed by atoms with van der Waals surface area (Å²) in [5, 5.41) is 2.51. The van der Waals surface area contributed by atoms with Gasteiger partial charge in [0.05, 0.1) is 6.54 Å². The van der Waals surface area contributed by atoms with E-state index >= 15 is 0 Å². The highest BCUT2D eigenvalue weighted by Gasteiger charge is 2.13. The number of aryl methyl sites for hydroxylation is 3. The molecule has 0 bridgehead atoms. The lowest BCUT2D eigenvalue weighted by molar-refractivity contribution is -0.120. The molecule has 0 saturated heterocycles. The average Bonchev–Trinajstić information content (AvgIpc) is 2.91. The zero-order valence-electron chi connectivity index (χ0n) is 14.1. The van der Waals surface area contributed by atoms with Crippen LogP contribution in [-0.4, -0.2) is 28.8 Å². The Kier molecular flexibility index (Phi) is 5.97. The van der Waals surface area contributed by atoms with Crippen LogP contribution in [-0.2, 0) is 11.8 Å². The quantitative estimate of drug-likeness (QED) is 0.673. The van der Waals surface area contributed by atoms with Crippen molar-refractivity contribution in [3.8, 4) is 0 Å². The van der Waals surface area contributed by atoms with Crippen LogP contribution in [0.25, 0.3) is 0 Å². The summed E-state index contributed by atoms with van der Waals surface area (Å²) in [5.41, 5.74) is 7.51. The number of nitrogens with one attached hydrogen (secondary N) is 3. The van der Waals surface area contributed by atoms with Gasteiger partial charge in [-0.3, -0.25) is 25.2 Å². The molecule has 0 aliphatic heterocycles. The number of benzene rings is 1. The lowest BCUT2D eigenvalue weighted by Crippen LogP contribution is -2.46. The van der Waals surface area contributed by atoms with Gasteiger partial charge < -0.3 is 9.88 Å². The molecule has 3 amide bonds. The van der Waals surface area contributed by atoms with Gasteiger partial charge in [0.1, 0.15) is 5.69 Å². The smallest absolute Gasteiger partial charge is 0.286 e. The highest BCUT2D eigenvalue weighted by atomic mass is 79.9. The lowest BCUT2D eigenvalue weighted by atomic mass is 10.1. The maximum absolute atomic E-state index is 12.0. The van der Waals surface area contributed by atoms with E-state index in [0.717, 1.165) is 15.6 Å². The van der Waals surface area contributed by atoms with E-state index in [1.165, 1.54) is 0 Å². The first-order valence-corrected chi connectivity index (χ1v) is 8.33. The highest BCUT2D eigenvalue weighted by molar-refractivity contribution is 9.10. The van der Waals surface area contributed by atoms with Gasteiger partial charge in [-0.05, 0) is 59.1 Å². The molecule has 0 unspecified atom stereocenters. The van der Waals surface area contributed by atoms with Gasteiger partial charge in [0.25, 0.3) is 17.7 Å². The molecule has 1 aromatic carbocycles. The second-order valence-corrected chi connectivity index (χ2v) is 6.55. The first-order valence-electron chi connectivity index (χ1n) is 7.54. The predicted octanol–water partition coefficient (Wildman–Crippen LogP) is 1.60. The molecule has 1 aromatic heterocycles. The number of amides is 3. The van der Waals surface area contributed by atoms with Crippen molar-refractivity contribution in [1.29, 1.82) is 0 Å². The minimum atomic E-state index is -0.529. The molecule has 0 radical (unpaired) electrons. The van der Waals surface area contributed by atoms with Crippen LogP contribution in [0.15, 0.2) is 34.9 Å². The molecule has 132 valence electrons. The molecule has 0 saturated carbocycles. The minimum absolute atomic E-state index is 0.247. The first-order chi connectivity index (χ1) is 11.8. The van der Waals surface area contributed by atoms with Crippen molar-refractivity contribution in [3.63, 3.8) is 0 Å². The van der Waals surface area contributed by atoms with Gasteiger partial charge >= 0.3 is 0 Å². The molecule has 0 atom stereocenters. The summed E-state index contributed by atoms with van der Waals surface area (Å²) in [6.45, 7) is 3.62. The molecular weight excluding hydrogens is 388 g/mol. The van der Waals surface area contributed by atoms with Gasteiger partial charge in [-0.25, -0.2) is 0 Å². The van der Waals surface area contributed by atoms with Crippen molar-refractivity contribution < 1.29 is 14.4 Å². The fourth-order valence-corrected chi connectivity index (χ4v) is 2.65. The van der Waals surface area contributed by atoms with E-state index in [4.69, 9.17) is 0 Å². The third-order valence-corrected chi connectivity index (χ3v) is 4.13. The molecule has 8 heteroatoms. The maximum atomic E-state index is 12.0. The van der Waals surface area contributed by atoms with Crippen LogP contribution in [0.2, 0.25) is 0 Å². The Morgan fingerprint density at radius 2 is 1.76 bits per heavy atom. The van der Waals surface area contributed by atoms with Gasteiger partial charge in [-0.2, -0.15) is 0 Å². The zero-order chi connectivity index (χ0) is 18.6. The largest absolute Gasteiger partial charge is 0.345 e. The minimum Gasteiger partial charge on any atom is -0.345 e. The number of hydrazine groups is 1. The third-order valence-electron chi connectivity index (χ3n) is 3.70. The van der Waals surface area contributed by atoms with E-state index in [1.54, 1.807) is 36.0 Å². The van der Waals surface area contributed by atoms with Gasteiger partial charge in [-0.1, -0.05) is 6.07 Å². The molecule has 0 spiro atoms. The third kappa shape index (κ3) is 4.93. The number of hydrogen-bond acceptors (Lipinski definition) is 3. The summed E-state index contributed by atoms with van der Waals surface area (Å²) in [5.74, 6) is -1.34. The Morgan fingerprint density at radius 1 is 1.04 bits per heavy atom. The van der Waals surface area contributed by atoms with Crippen molar-refractivity contribution >= 4 is 33.7 Å². The number of nitrogens with zero attached hydrogens (tertiary/aromatic N) is 1. The number of hydrogen-bond donors (Lipinski definition) is 3. The van der Waals surface area contributed by atoms with Crippen LogP contribution in [0.5, 0.6) is 0 Å². The van der Waals surface area contributed by atoms with E-state index in [9.17, 15) is 14.4 Å². The van der Waals surface area contributed by atoms with E-state index in [1.807, 2.05) is 19.9 Å².